The molecule has 1 saturated heterocycles. The summed E-state index contributed by atoms with van der Waals surface area (Å²) in [5.41, 5.74) is 2.46. The number of nitrogens with one attached hydrogen (secondary N) is 1. The molecule has 0 atom stereocenters. The first kappa shape index (κ1) is 11.5. The Morgan fingerprint density at radius 2 is 2.06 bits per heavy atom. The average molecular weight is 242 g/mol. The second-order valence-electron chi connectivity index (χ2n) is 4.60. The predicted molar refractivity (Wildman–Crippen MR) is 74.6 cm³/mol. The van der Waals surface area contributed by atoms with Gasteiger partial charge in [0.1, 0.15) is 0 Å². The van der Waals surface area contributed by atoms with E-state index in [0.29, 0.717) is 0 Å². The van der Waals surface area contributed by atoms with E-state index in [1.807, 2.05) is 0 Å². The van der Waals surface area contributed by atoms with Crippen molar-refractivity contribution in [1.29, 1.82) is 0 Å². The lowest BCUT2D eigenvalue weighted by Crippen LogP contribution is -2.36. The molecular formula is C15H18N2O. The van der Waals surface area contributed by atoms with Crippen LogP contribution in [0.5, 0.6) is 0 Å². The Hall–Kier alpha value is -1.58. The standard InChI is InChI=1S/C15H18N2O/c1-2-6-15-14(5-1)13(12-16-15)4-3-7-17-8-10-18-11-9-17/h1-6,12,16H,7-11H2. The van der Waals surface area contributed by atoms with E-state index in [1.165, 1.54) is 16.5 Å². The molecule has 3 rings (SSSR count). The summed E-state index contributed by atoms with van der Waals surface area (Å²) < 4.78 is 5.34. The number of para-hydroxylation sites is 1. The van der Waals surface area contributed by atoms with Crippen LogP contribution in [0.4, 0.5) is 0 Å². The van der Waals surface area contributed by atoms with Crippen LogP contribution in [0.25, 0.3) is 17.0 Å². The number of aromatic amines is 1. The smallest absolute Gasteiger partial charge is 0.0594 e. The lowest BCUT2D eigenvalue weighted by atomic mass is 10.1. The fourth-order valence-corrected chi connectivity index (χ4v) is 2.34. The molecule has 1 N–H and O–H groups in total. The van der Waals surface area contributed by atoms with Gasteiger partial charge in [-0.25, -0.2) is 0 Å². The van der Waals surface area contributed by atoms with Crippen LogP contribution in [0.1, 0.15) is 5.56 Å². The SMILES string of the molecule is C(=Cc1c[nH]c2ccccc12)CN1CCOCC1. The van der Waals surface area contributed by atoms with Gasteiger partial charge in [-0.05, 0) is 11.6 Å². The molecule has 3 heteroatoms. The van der Waals surface area contributed by atoms with Gasteiger partial charge in [0.25, 0.3) is 0 Å². The van der Waals surface area contributed by atoms with Crippen LogP contribution in [0, 0.1) is 0 Å². The fraction of sp³-hybridized carbons (Fsp3) is 0.333. The summed E-state index contributed by atoms with van der Waals surface area (Å²) in [6, 6.07) is 8.39. The van der Waals surface area contributed by atoms with E-state index in [2.05, 4.69) is 52.5 Å². The van der Waals surface area contributed by atoms with Gasteiger partial charge in [0, 0.05) is 36.7 Å². The first-order valence-electron chi connectivity index (χ1n) is 6.46. The van der Waals surface area contributed by atoms with E-state index >= 15 is 0 Å². The van der Waals surface area contributed by atoms with Crippen molar-refractivity contribution >= 4 is 17.0 Å². The van der Waals surface area contributed by atoms with Gasteiger partial charge in [0.2, 0.25) is 0 Å². The van der Waals surface area contributed by atoms with Gasteiger partial charge in [0.15, 0.2) is 0 Å². The van der Waals surface area contributed by atoms with E-state index < -0.39 is 0 Å². The molecule has 1 fully saturated rings. The summed E-state index contributed by atoms with van der Waals surface area (Å²) >= 11 is 0. The molecule has 2 heterocycles. The molecule has 94 valence electrons. The predicted octanol–water partition coefficient (Wildman–Crippen LogP) is 2.51. The third kappa shape index (κ3) is 2.47. The largest absolute Gasteiger partial charge is 0.379 e. The Bertz CT molecular complexity index is 538. The Morgan fingerprint density at radius 3 is 2.94 bits per heavy atom. The number of ether oxygens (including phenoxy) is 1. The van der Waals surface area contributed by atoms with E-state index in [9.17, 15) is 0 Å². The summed E-state index contributed by atoms with van der Waals surface area (Å²) in [7, 11) is 0. The highest BCUT2D eigenvalue weighted by atomic mass is 16.5. The van der Waals surface area contributed by atoms with Gasteiger partial charge in [-0.1, -0.05) is 30.4 Å². The van der Waals surface area contributed by atoms with Crippen LogP contribution in [0.3, 0.4) is 0 Å². The van der Waals surface area contributed by atoms with Gasteiger partial charge in [-0.3, -0.25) is 4.90 Å². The number of morpholine rings is 1. The number of rotatable bonds is 3. The molecule has 1 aliphatic rings. The van der Waals surface area contributed by atoms with Crippen molar-refractivity contribution in [1.82, 2.24) is 9.88 Å². The lowest BCUT2D eigenvalue weighted by Gasteiger charge is -2.25. The maximum Gasteiger partial charge on any atom is 0.0594 e. The second-order valence-corrected chi connectivity index (χ2v) is 4.60. The number of nitrogens with zero attached hydrogens (tertiary/aromatic N) is 1. The zero-order valence-electron chi connectivity index (χ0n) is 10.4. The first-order chi connectivity index (χ1) is 8.93. The molecule has 0 bridgehead atoms. The zero-order valence-corrected chi connectivity index (χ0v) is 10.4. The first-order valence-corrected chi connectivity index (χ1v) is 6.46. The number of benzene rings is 1. The fourth-order valence-electron chi connectivity index (χ4n) is 2.34. The average Bonchev–Trinajstić information content (AvgIpc) is 2.84. The van der Waals surface area contributed by atoms with E-state index in [0.717, 1.165) is 32.8 Å². The molecule has 3 nitrogen and oxygen atoms in total. The minimum absolute atomic E-state index is 0.862. The molecular weight excluding hydrogens is 224 g/mol. The number of aromatic nitrogens is 1. The van der Waals surface area contributed by atoms with E-state index in [4.69, 9.17) is 4.74 Å². The molecule has 1 aliphatic heterocycles. The molecule has 0 unspecified atom stereocenters. The van der Waals surface area contributed by atoms with Crippen LogP contribution in [0.15, 0.2) is 36.5 Å². The van der Waals surface area contributed by atoms with Gasteiger partial charge in [0.05, 0.1) is 13.2 Å². The van der Waals surface area contributed by atoms with Crippen LogP contribution in [-0.2, 0) is 4.74 Å². The summed E-state index contributed by atoms with van der Waals surface area (Å²) in [6.45, 7) is 4.81. The van der Waals surface area contributed by atoms with Crippen LogP contribution < -0.4 is 0 Å². The highest BCUT2D eigenvalue weighted by molar-refractivity contribution is 5.88. The molecule has 0 amide bonds. The monoisotopic (exact) mass is 242 g/mol. The molecule has 0 spiro atoms. The Labute approximate surface area is 107 Å². The molecule has 1 aromatic carbocycles. The van der Waals surface area contributed by atoms with Crippen molar-refractivity contribution in [2.75, 3.05) is 32.8 Å². The van der Waals surface area contributed by atoms with Crippen molar-refractivity contribution in [3.8, 4) is 0 Å². The third-order valence-corrected chi connectivity index (χ3v) is 3.39. The summed E-state index contributed by atoms with van der Waals surface area (Å²) in [6.07, 6.45) is 6.51. The molecule has 2 aromatic rings. The maximum absolute atomic E-state index is 5.34. The maximum atomic E-state index is 5.34. The number of hydrogen-bond acceptors (Lipinski definition) is 2. The van der Waals surface area contributed by atoms with Crippen molar-refractivity contribution < 1.29 is 4.74 Å². The topological polar surface area (TPSA) is 28.3 Å². The number of fused-ring (bicyclic) bond motifs is 1. The quantitative estimate of drug-likeness (QED) is 0.895. The molecule has 0 radical (unpaired) electrons. The number of H-pyrrole nitrogens is 1. The minimum atomic E-state index is 0.862. The normalized spacial score (nSPS) is 17.8. The Morgan fingerprint density at radius 1 is 1.22 bits per heavy atom. The van der Waals surface area contributed by atoms with Crippen molar-refractivity contribution in [2.45, 2.75) is 0 Å². The Kier molecular flexibility index (Phi) is 3.44. The van der Waals surface area contributed by atoms with Gasteiger partial charge < -0.3 is 9.72 Å². The summed E-state index contributed by atoms with van der Waals surface area (Å²) in [5, 5.41) is 1.29. The highest BCUT2D eigenvalue weighted by Crippen LogP contribution is 2.18. The Balaban J connectivity index is 1.68. The second kappa shape index (κ2) is 5.38. The van der Waals surface area contributed by atoms with E-state index in [1.54, 1.807) is 0 Å². The minimum Gasteiger partial charge on any atom is -0.379 e. The van der Waals surface area contributed by atoms with Crippen molar-refractivity contribution in [3.63, 3.8) is 0 Å². The summed E-state index contributed by atoms with van der Waals surface area (Å²) in [4.78, 5) is 5.70. The third-order valence-electron chi connectivity index (χ3n) is 3.39. The van der Waals surface area contributed by atoms with Crippen LogP contribution >= 0.6 is 0 Å². The highest BCUT2D eigenvalue weighted by Gasteiger charge is 2.07. The van der Waals surface area contributed by atoms with Crippen LogP contribution in [0.2, 0.25) is 0 Å². The van der Waals surface area contributed by atoms with Gasteiger partial charge >= 0.3 is 0 Å². The number of hydrogen-bond donors (Lipinski definition) is 1. The molecule has 0 saturated carbocycles. The molecule has 18 heavy (non-hydrogen) atoms. The van der Waals surface area contributed by atoms with E-state index in [-0.39, 0.29) is 0 Å². The van der Waals surface area contributed by atoms with Gasteiger partial charge in [-0.2, -0.15) is 0 Å². The summed E-state index contributed by atoms with van der Waals surface area (Å²) in [5.74, 6) is 0. The van der Waals surface area contributed by atoms with Gasteiger partial charge in [-0.15, -0.1) is 0 Å². The lowest BCUT2D eigenvalue weighted by molar-refractivity contribution is 0.0435. The van der Waals surface area contributed by atoms with Crippen molar-refractivity contribution in [3.05, 3.63) is 42.1 Å². The molecule has 1 aromatic heterocycles. The molecule has 0 aliphatic carbocycles. The zero-order chi connectivity index (χ0) is 12.2. The van der Waals surface area contributed by atoms with Crippen LogP contribution in [-0.4, -0.2) is 42.7 Å². The van der Waals surface area contributed by atoms with Crippen molar-refractivity contribution in [2.24, 2.45) is 0 Å².